The van der Waals surface area contributed by atoms with Gasteiger partial charge in [0.2, 0.25) is 0 Å². The number of anilines is 1. The second-order valence-electron chi connectivity index (χ2n) is 6.07. The van der Waals surface area contributed by atoms with Crippen molar-refractivity contribution in [1.29, 1.82) is 0 Å². The van der Waals surface area contributed by atoms with Crippen molar-refractivity contribution in [2.75, 3.05) is 24.5 Å². The number of nitrogens with one attached hydrogen (secondary N) is 1. The molecule has 0 saturated heterocycles. The van der Waals surface area contributed by atoms with E-state index in [2.05, 4.69) is 39.5 Å². The predicted molar refractivity (Wildman–Crippen MR) is 93.4 cm³/mol. The molecule has 1 aromatic carbocycles. The Hall–Kier alpha value is -2.82. The van der Waals surface area contributed by atoms with E-state index >= 15 is 0 Å². The zero-order valence-corrected chi connectivity index (χ0v) is 13.6. The van der Waals surface area contributed by atoms with E-state index in [-0.39, 0.29) is 5.91 Å². The number of aromatic nitrogens is 1. The lowest BCUT2D eigenvalue weighted by molar-refractivity contribution is 0.0929. The Labute approximate surface area is 140 Å². The fourth-order valence-electron chi connectivity index (χ4n) is 3.17. The van der Waals surface area contributed by atoms with Crippen LogP contribution in [-0.2, 0) is 6.42 Å². The molecule has 0 saturated carbocycles. The molecule has 1 aliphatic rings. The highest BCUT2D eigenvalue weighted by atomic mass is 16.3. The SMILES string of the molecule is Cc1ccc2oc(C(=O)NCCN3CCc4ccccc43)cc2n1. The third kappa shape index (κ3) is 2.73. The van der Waals surface area contributed by atoms with Crippen LogP contribution in [0.2, 0.25) is 0 Å². The van der Waals surface area contributed by atoms with E-state index in [1.807, 2.05) is 19.1 Å². The van der Waals surface area contributed by atoms with Gasteiger partial charge in [-0.25, -0.2) is 4.98 Å². The lowest BCUT2D eigenvalue weighted by atomic mass is 10.2. The molecular weight excluding hydrogens is 302 g/mol. The van der Waals surface area contributed by atoms with Crippen molar-refractivity contribution in [3.05, 3.63) is 59.5 Å². The number of pyridine rings is 1. The summed E-state index contributed by atoms with van der Waals surface area (Å²) in [4.78, 5) is 18.9. The van der Waals surface area contributed by atoms with Crippen molar-refractivity contribution in [3.8, 4) is 0 Å². The summed E-state index contributed by atoms with van der Waals surface area (Å²) < 4.78 is 5.58. The molecule has 1 amide bonds. The normalized spacial score (nSPS) is 13.3. The average molecular weight is 321 g/mol. The van der Waals surface area contributed by atoms with Crippen LogP contribution >= 0.6 is 0 Å². The van der Waals surface area contributed by atoms with Crippen molar-refractivity contribution in [2.45, 2.75) is 13.3 Å². The number of amides is 1. The number of carbonyl (C=O) groups excluding carboxylic acids is 1. The number of nitrogens with zero attached hydrogens (tertiary/aromatic N) is 2. The quantitative estimate of drug-likeness (QED) is 0.803. The summed E-state index contributed by atoms with van der Waals surface area (Å²) in [5.74, 6) is 0.114. The highest BCUT2D eigenvalue weighted by Crippen LogP contribution is 2.26. The van der Waals surface area contributed by atoms with E-state index in [9.17, 15) is 4.79 Å². The van der Waals surface area contributed by atoms with Crippen LogP contribution in [0.15, 0.2) is 46.9 Å². The number of benzene rings is 1. The molecule has 24 heavy (non-hydrogen) atoms. The van der Waals surface area contributed by atoms with Gasteiger partial charge in [-0.05, 0) is 37.1 Å². The van der Waals surface area contributed by atoms with Gasteiger partial charge in [0, 0.05) is 37.1 Å². The summed E-state index contributed by atoms with van der Waals surface area (Å²) in [5.41, 5.74) is 4.91. The number of rotatable bonds is 4. The Morgan fingerprint density at radius 2 is 2.17 bits per heavy atom. The Morgan fingerprint density at radius 3 is 3.08 bits per heavy atom. The van der Waals surface area contributed by atoms with E-state index in [0.717, 1.165) is 25.2 Å². The van der Waals surface area contributed by atoms with Crippen LogP contribution in [0.25, 0.3) is 11.1 Å². The number of fused-ring (bicyclic) bond motifs is 2. The minimum atomic E-state index is -0.196. The molecule has 5 nitrogen and oxygen atoms in total. The van der Waals surface area contributed by atoms with Crippen LogP contribution < -0.4 is 10.2 Å². The van der Waals surface area contributed by atoms with Gasteiger partial charge in [-0.2, -0.15) is 0 Å². The van der Waals surface area contributed by atoms with E-state index < -0.39 is 0 Å². The molecular formula is C19H19N3O2. The topological polar surface area (TPSA) is 58.4 Å². The largest absolute Gasteiger partial charge is 0.449 e. The van der Waals surface area contributed by atoms with Crippen molar-refractivity contribution in [3.63, 3.8) is 0 Å². The Morgan fingerprint density at radius 1 is 1.29 bits per heavy atom. The molecule has 0 aliphatic carbocycles. The second-order valence-corrected chi connectivity index (χ2v) is 6.07. The van der Waals surface area contributed by atoms with Gasteiger partial charge in [-0.1, -0.05) is 18.2 Å². The first-order valence-electron chi connectivity index (χ1n) is 8.19. The van der Waals surface area contributed by atoms with Crippen molar-refractivity contribution in [2.24, 2.45) is 0 Å². The maximum Gasteiger partial charge on any atom is 0.287 e. The predicted octanol–water partition coefficient (Wildman–Crippen LogP) is 2.93. The van der Waals surface area contributed by atoms with Crippen LogP contribution in [0.5, 0.6) is 0 Å². The first-order chi connectivity index (χ1) is 11.7. The number of furan rings is 1. The van der Waals surface area contributed by atoms with E-state index in [1.54, 1.807) is 6.07 Å². The molecule has 0 bridgehead atoms. The van der Waals surface area contributed by atoms with E-state index in [0.29, 0.717) is 23.4 Å². The Bertz CT molecular complexity index is 901. The molecule has 3 heterocycles. The molecule has 0 unspecified atom stereocenters. The third-order valence-corrected chi connectivity index (χ3v) is 4.39. The number of aryl methyl sites for hydroxylation is 1. The molecule has 0 radical (unpaired) electrons. The van der Waals surface area contributed by atoms with Crippen LogP contribution in [-0.4, -0.2) is 30.5 Å². The first kappa shape index (κ1) is 14.8. The summed E-state index contributed by atoms with van der Waals surface area (Å²) in [6, 6.07) is 13.8. The molecule has 1 aliphatic heterocycles. The molecule has 0 atom stereocenters. The zero-order chi connectivity index (χ0) is 16.5. The molecule has 1 N–H and O–H groups in total. The van der Waals surface area contributed by atoms with Gasteiger partial charge in [-0.3, -0.25) is 4.79 Å². The Kier molecular flexibility index (Phi) is 3.69. The number of para-hydroxylation sites is 1. The third-order valence-electron chi connectivity index (χ3n) is 4.39. The number of hydrogen-bond donors (Lipinski definition) is 1. The average Bonchev–Trinajstić information content (AvgIpc) is 3.18. The lowest BCUT2D eigenvalue weighted by Gasteiger charge is -2.19. The first-order valence-corrected chi connectivity index (χ1v) is 8.19. The fourth-order valence-corrected chi connectivity index (χ4v) is 3.17. The Balaban J connectivity index is 1.38. The maximum absolute atomic E-state index is 12.3. The monoisotopic (exact) mass is 321 g/mol. The van der Waals surface area contributed by atoms with Gasteiger partial charge >= 0.3 is 0 Å². The molecule has 2 aromatic heterocycles. The van der Waals surface area contributed by atoms with E-state index in [1.165, 1.54) is 11.3 Å². The summed E-state index contributed by atoms with van der Waals surface area (Å²) in [6.07, 6.45) is 1.07. The van der Waals surface area contributed by atoms with Crippen LogP contribution in [0.4, 0.5) is 5.69 Å². The highest BCUT2D eigenvalue weighted by Gasteiger charge is 2.18. The number of hydrogen-bond acceptors (Lipinski definition) is 4. The summed E-state index contributed by atoms with van der Waals surface area (Å²) in [7, 11) is 0. The molecule has 5 heteroatoms. The highest BCUT2D eigenvalue weighted by molar-refractivity contribution is 5.95. The second kappa shape index (κ2) is 6.00. The molecule has 3 aromatic rings. The minimum Gasteiger partial charge on any atom is -0.449 e. The van der Waals surface area contributed by atoms with Gasteiger partial charge in [-0.15, -0.1) is 0 Å². The standard InChI is InChI=1S/C19H19N3O2/c1-13-6-7-17-15(21-13)12-18(24-17)19(23)20-9-11-22-10-8-14-4-2-3-5-16(14)22/h2-7,12H,8-11H2,1H3,(H,20,23). The van der Waals surface area contributed by atoms with Crippen LogP contribution in [0.3, 0.4) is 0 Å². The summed E-state index contributed by atoms with van der Waals surface area (Å²) in [6.45, 7) is 4.29. The smallest absolute Gasteiger partial charge is 0.287 e. The fraction of sp³-hybridized carbons (Fsp3) is 0.263. The van der Waals surface area contributed by atoms with Gasteiger partial charge in [0.15, 0.2) is 11.3 Å². The van der Waals surface area contributed by atoms with Gasteiger partial charge in [0.05, 0.1) is 0 Å². The van der Waals surface area contributed by atoms with Gasteiger partial charge < -0.3 is 14.6 Å². The van der Waals surface area contributed by atoms with Crippen LogP contribution in [0.1, 0.15) is 21.8 Å². The summed E-state index contributed by atoms with van der Waals surface area (Å²) >= 11 is 0. The van der Waals surface area contributed by atoms with Crippen molar-refractivity contribution >= 4 is 22.7 Å². The molecule has 4 rings (SSSR count). The molecule has 122 valence electrons. The molecule has 0 spiro atoms. The minimum absolute atomic E-state index is 0.196. The number of carbonyl (C=O) groups is 1. The van der Waals surface area contributed by atoms with Gasteiger partial charge in [0.1, 0.15) is 5.52 Å². The molecule has 0 fully saturated rings. The van der Waals surface area contributed by atoms with E-state index in [4.69, 9.17) is 4.42 Å². The lowest BCUT2D eigenvalue weighted by Crippen LogP contribution is -2.34. The maximum atomic E-state index is 12.3. The van der Waals surface area contributed by atoms with Gasteiger partial charge in [0.25, 0.3) is 5.91 Å². The van der Waals surface area contributed by atoms with Crippen LogP contribution in [0, 0.1) is 6.92 Å². The zero-order valence-electron chi connectivity index (χ0n) is 13.6. The van der Waals surface area contributed by atoms with Crippen molar-refractivity contribution in [1.82, 2.24) is 10.3 Å². The summed E-state index contributed by atoms with van der Waals surface area (Å²) in [5, 5.41) is 2.93. The van der Waals surface area contributed by atoms with Crippen molar-refractivity contribution < 1.29 is 9.21 Å².